The van der Waals surface area contributed by atoms with Crippen LogP contribution in [0.4, 0.5) is 5.69 Å². The van der Waals surface area contributed by atoms with Crippen LogP contribution in [0.5, 0.6) is 0 Å². The van der Waals surface area contributed by atoms with Crippen LogP contribution in [0.3, 0.4) is 0 Å². The molecular weight excluding hydrogens is 424 g/mol. The van der Waals surface area contributed by atoms with Crippen molar-refractivity contribution in [3.63, 3.8) is 0 Å². The van der Waals surface area contributed by atoms with Crippen LogP contribution in [0.2, 0.25) is 0 Å². The number of nitro groups is 1. The van der Waals surface area contributed by atoms with Gasteiger partial charge in [0.2, 0.25) is 0 Å². The zero-order chi connectivity index (χ0) is 23.1. The lowest BCUT2D eigenvalue weighted by Gasteiger charge is -2.19. The fourth-order valence-electron chi connectivity index (χ4n) is 2.95. The molecule has 0 fully saturated rings. The summed E-state index contributed by atoms with van der Waals surface area (Å²) in [7, 11) is 0. The van der Waals surface area contributed by atoms with Crippen LogP contribution >= 0.6 is 11.8 Å². The summed E-state index contributed by atoms with van der Waals surface area (Å²) in [6, 6.07) is 5.58. The third kappa shape index (κ3) is 5.57. The third-order valence-electron chi connectivity index (χ3n) is 4.12. The number of benzene rings is 1. The number of esters is 2. The molecule has 0 atom stereocenters. The normalized spacial score (nSPS) is 10.4. The van der Waals surface area contributed by atoms with E-state index in [0.29, 0.717) is 0 Å². The van der Waals surface area contributed by atoms with E-state index in [1.54, 1.807) is 26.8 Å². The van der Waals surface area contributed by atoms with E-state index in [9.17, 15) is 19.7 Å². The topological polar surface area (TPSA) is 158 Å². The van der Waals surface area contributed by atoms with Crippen molar-refractivity contribution in [2.45, 2.75) is 26.5 Å². The van der Waals surface area contributed by atoms with Crippen molar-refractivity contribution in [3.8, 4) is 11.1 Å². The summed E-state index contributed by atoms with van der Waals surface area (Å²) in [6.07, 6.45) is 0. The highest BCUT2D eigenvalue weighted by molar-refractivity contribution is 8.13. The average molecular weight is 446 g/mol. The molecular formula is C20H22N4O6S. The first kappa shape index (κ1) is 23.8. The van der Waals surface area contributed by atoms with Crippen LogP contribution in [0.15, 0.2) is 24.3 Å². The minimum atomic E-state index is -0.749. The van der Waals surface area contributed by atoms with Crippen LogP contribution in [0, 0.1) is 22.4 Å². The lowest BCUT2D eigenvalue weighted by atomic mass is 9.92. The Morgan fingerprint density at radius 2 is 1.81 bits per heavy atom. The number of rotatable bonds is 8. The summed E-state index contributed by atoms with van der Waals surface area (Å²) < 4.78 is 10.3. The molecule has 0 saturated carbocycles. The molecule has 0 aliphatic heterocycles. The van der Waals surface area contributed by atoms with Gasteiger partial charge >= 0.3 is 11.9 Å². The number of non-ortho nitro benzene ring substituents is 1. The van der Waals surface area contributed by atoms with Crippen LogP contribution in [0.25, 0.3) is 11.1 Å². The van der Waals surface area contributed by atoms with E-state index in [1.807, 2.05) is 0 Å². The van der Waals surface area contributed by atoms with Gasteiger partial charge < -0.3 is 15.2 Å². The number of aryl methyl sites for hydroxylation is 1. The van der Waals surface area contributed by atoms with Crippen LogP contribution in [-0.2, 0) is 15.2 Å². The van der Waals surface area contributed by atoms with E-state index in [1.165, 1.54) is 18.2 Å². The van der Waals surface area contributed by atoms with Gasteiger partial charge in [0.1, 0.15) is 0 Å². The Bertz CT molecular complexity index is 1040. The molecule has 2 rings (SSSR count). The molecule has 0 bridgehead atoms. The maximum absolute atomic E-state index is 12.9. The predicted molar refractivity (Wildman–Crippen MR) is 116 cm³/mol. The second kappa shape index (κ2) is 10.5. The molecule has 0 radical (unpaired) electrons. The Labute approximate surface area is 182 Å². The van der Waals surface area contributed by atoms with Crippen LogP contribution in [-0.4, -0.2) is 40.2 Å². The highest BCUT2D eigenvalue weighted by atomic mass is 32.2. The molecule has 1 aromatic heterocycles. The number of amidine groups is 1. The zero-order valence-electron chi connectivity index (χ0n) is 17.3. The highest BCUT2D eigenvalue weighted by Gasteiger charge is 2.29. The van der Waals surface area contributed by atoms with Gasteiger partial charge in [0, 0.05) is 23.4 Å². The van der Waals surface area contributed by atoms with Crippen molar-refractivity contribution < 1.29 is 24.0 Å². The molecule has 1 heterocycles. The van der Waals surface area contributed by atoms with Crippen molar-refractivity contribution in [2.24, 2.45) is 5.73 Å². The molecule has 10 nitrogen and oxygen atoms in total. The van der Waals surface area contributed by atoms with Crippen molar-refractivity contribution in [1.82, 2.24) is 4.98 Å². The second-order valence-electron chi connectivity index (χ2n) is 6.17. The van der Waals surface area contributed by atoms with E-state index >= 15 is 0 Å². The monoisotopic (exact) mass is 446 g/mol. The van der Waals surface area contributed by atoms with Gasteiger partial charge in [-0.25, -0.2) is 9.59 Å². The van der Waals surface area contributed by atoms with Crippen molar-refractivity contribution in [2.75, 3.05) is 13.2 Å². The number of aromatic nitrogens is 1. The summed E-state index contributed by atoms with van der Waals surface area (Å²) in [5.74, 6) is -1.40. The van der Waals surface area contributed by atoms with Crippen LogP contribution < -0.4 is 5.73 Å². The molecule has 2 aromatic rings. The SMILES string of the molecule is CCOC(=O)c1c(C)nc(CSC(=N)N)c(C(=O)OCC)c1-c1cccc([N+](=O)[O-])c1. The van der Waals surface area contributed by atoms with Gasteiger partial charge in [-0.15, -0.1) is 0 Å². The Kier molecular flexibility index (Phi) is 8.08. The molecule has 0 amide bonds. The summed E-state index contributed by atoms with van der Waals surface area (Å²) in [5, 5.41) is 18.6. The number of nitrogens with one attached hydrogen (secondary N) is 1. The Hall–Kier alpha value is -3.47. The fourth-order valence-corrected chi connectivity index (χ4v) is 3.46. The van der Waals surface area contributed by atoms with Gasteiger partial charge in [0.05, 0.1) is 40.7 Å². The minimum Gasteiger partial charge on any atom is -0.462 e. The summed E-state index contributed by atoms with van der Waals surface area (Å²) in [4.78, 5) is 40.8. The van der Waals surface area contributed by atoms with Gasteiger partial charge in [0.15, 0.2) is 5.17 Å². The lowest BCUT2D eigenvalue weighted by Crippen LogP contribution is -2.19. The maximum atomic E-state index is 12.9. The van der Waals surface area contributed by atoms with Gasteiger partial charge in [-0.2, -0.15) is 0 Å². The summed E-state index contributed by atoms with van der Waals surface area (Å²) in [5.41, 5.74) is 6.12. The molecule has 1 aromatic carbocycles. The number of carbonyl (C=O) groups is 2. The molecule has 0 aliphatic carbocycles. The first-order valence-corrected chi connectivity index (χ1v) is 10.3. The van der Waals surface area contributed by atoms with E-state index < -0.39 is 16.9 Å². The van der Waals surface area contributed by atoms with E-state index in [-0.39, 0.29) is 63.5 Å². The van der Waals surface area contributed by atoms with Gasteiger partial charge in [-0.1, -0.05) is 23.9 Å². The summed E-state index contributed by atoms with van der Waals surface area (Å²) in [6.45, 7) is 4.99. The molecule has 11 heteroatoms. The Morgan fingerprint density at radius 1 is 1.19 bits per heavy atom. The quantitative estimate of drug-likeness (QED) is 0.203. The third-order valence-corrected chi connectivity index (χ3v) is 4.85. The van der Waals surface area contributed by atoms with Gasteiger partial charge in [0.25, 0.3) is 5.69 Å². The molecule has 0 saturated heterocycles. The zero-order valence-corrected chi connectivity index (χ0v) is 18.1. The average Bonchev–Trinajstić information content (AvgIpc) is 2.71. The number of nitro benzene ring substituents is 1. The molecule has 31 heavy (non-hydrogen) atoms. The number of ether oxygens (including phenoxy) is 2. The largest absolute Gasteiger partial charge is 0.462 e. The number of pyridine rings is 1. The van der Waals surface area contributed by atoms with Crippen LogP contribution in [0.1, 0.15) is 46.0 Å². The molecule has 0 aliphatic rings. The number of nitrogens with two attached hydrogens (primary N) is 1. The first-order chi connectivity index (χ1) is 14.7. The van der Waals surface area contributed by atoms with E-state index in [0.717, 1.165) is 11.8 Å². The van der Waals surface area contributed by atoms with Gasteiger partial charge in [-0.3, -0.25) is 20.5 Å². The minimum absolute atomic E-state index is 0.0157. The van der Waals surface area contributed by atoms with E-state index in [4.69, 9.17) is 20.6 Å². The Morgan fingerprint density at radius 3 is 2.35 bits per heavy atom. The molecule has 164 valence electrons. The number of hydrogen-bond acceptors (Lipinski definition) is 9. The van der Waals surface area contributed by atoms with Crippen molar-refractivity contribution in [3.05, 3.63) is 56.9 Å². The highest BCUT2D eigenvalue weighted by Crippen LogP contribution is 2.35. The first-order valence-electron chi connectivity index (χ1n) is 9.30. The number of thioether (sulfide) groups is 1. The van der Waals surface area contributed by atoms with E-state index in [2.05, 4.69) is 4.98 Å². The smallest absolute Gasteiger partial charge is 0.340 e. The lowest BCUT2D eigenvalue weighted by molar-refractivity contribution is -0.384. The second-order valence-corrected chi connectivity index (χ2v) is 7.19. The van der Waals surface area contributed by atoms with Gasteiger partial charge in [-0.05, 0) is 26.3 Å². The number of nitrogens with zero attached hydrogens (tertiary/aromatic N) is 2. The standard InChI is InChI=1S/C20H22N4O6S/c1-4-29-18(25)15-11(3)23-14(10-31-20(21)22)17(19(26)30-5-2)16(15)12-7-6-8-13(9-12)24(27)28/h6-9H,4-5,10H2,1-3H3,(H3,21,22). The number of carbonyl (C=O) groups excluding carboxylic acids is 2. The Balaban J connectivity index is 2.92. The summed E-state index contributed by atoms with van der Waals surface area (Å²) >= 11 is 0.946. The molecule has 0 unspecified atom stereocenters. The fraction of sp³-hybridized carbons (Fsp3) is 0.300. The predicted octanol–water partition coefficient (Wildman–Crippen LogP) is 3.45. The number of hydrogen-bond donors (Lipinski definition) is 2. The van der Waals surface area contributed by atoms with Crippen molar-refractivity contribution >= 4 is 34.6 Å². The van der Waals surface area contributed by atoms with Crippen molar-refractivity contribution in [1.29, 1.82) is 5.41 Å². The maximum Gasteiger partial charge on any atom is 0.340 e. The molecule has 3 N–H and O–H groups in total. The molecule has 0 spiro atoms.